The minimum atomic E-state index is -0.773. The van der Waals surface area contributed by atoms with Crippen LogP contribution in [0.15, 0.2) is 97.2 Å². The molecule has 0 rings (SSSR count). The van der Waals surface area contributed by atoms with Gasteiger partial charge in [0.05, 0.1) is 6.61 Å². The molecule has 0 saturated heterocycles. The summed E-state index contributed by atoms with van der Waals surface area (Å²) in [5, 5.41) is 9.74. The molecule has 0 heterocycles. The molecule has 0 aromatic carbocycles. The number of aliphatic hydroxyl groups excluding tert-OH is 1. The highest BCUT2D eigenvalue weighted by molar-refractivity contribution is 5.70. The first-order chi connectivity index (χ1) is 47.6. The molecule has 1 atom stereocenters. The Morgan fingerprint density at radius 2 is 0.448 bits per heavy atom. The Bertz CT molecular complexity index is 1760. The molecule has 0 aliphatic heterocycles. The van der Waals surface area contributed by atoms with Gasteiger partial charge in [0.25, 0.3) is 0 Å². The quantitative estimate of drug-likeness (QED) is 0.0373. The van der Waals surface area contributed by atoms with Crippen molar-refractivity contribution >= 4 is 11.9 Å². The van der Waals surface area contributed by atoms with Crippen molar-refractivity contribution in [3.05, 3.63) is 97.2 Å². The monoisotopic (exact) mass is 1340 g/mol. The van der Waals surface area contributed by atoms with E-state index in [9.17, 15) is 14.7 Å². The lowest BCUT2D eigenvalue weighted by Crippen LogP contribution is -2.28. The first-order valence-electron chi connectivity index (χ1n) is 42.8. The van der Waals surface area contributed by atoms with Gasteiger partial charge in [-0.2, -0.15) is 0 Å². The molecule has 5 heteroatoms. The largest absolute Gasteiger partial charge is 0.462 e. The summed E-state index contributed by atoms with van der Waals surface area (Å²) in [6, 6.07) is 0. The summed E-state index contributed by atoms with van der Waals surface area (Å²) in [5.74, 6) is -0.565. The van der Waals surface area contributed by atoms with Crippen LogP contribution < -0.4 is 0 Å². The van der Waals surface area contributed by atoms with E-state index in [-0.39, 0.29) is 25.2 Å². The van der Waals surface area contributed by atoms with Gasteiger partial charge in [-0.3, -0.25) is 9.59 Å². The first-order valence-corrected chi connectivity index (χ1v) is 42.8. The minimum absolute atomic E-state index is 0.0609. The van der Waals surface area contributed by atoms with E-state index in [4.69, 9.17) is 9.47 Å². The van der Waals surface area contributed by atoms with Gasteiger partial charge in [-0.05, 0) is 96.3 Å². The third-order valence-electron chi connectivity index (χ3n) is 19.4. The molecule has 0 spiro atoms. The number of hydrogen-bond acceptors (Lipinski definition) is 5. The average molecular weight is 1340 g/mol. The number of hydrogen-bond donors (Lipinski definition) is 1. The fourth-order valence-corrected chi connectivity index (χ4v) is 13.0. The summed E-state index contributed by atoms with van der Waals surface area (Å²) in [7, 11) is 0. The number of carbonyl (C=O) groups is 2. The summed E-state index contributed by atoms with van der Waals surface area (Å²) < 4.78 is 10.8. The molecule has 0 aromatic heterocycles. The Kier molecular flexibility index (Phi) is 83.2. The lowest BCUT2D eigenvalue weighted by Gasteiger charge is -2.15. The maximum Gasteiger partial charge on any atom is 0.306 e. The van der Waals surface area contributed by atoms with Crippen LogP contribution in [0.4, 0.5) is 0 Å². The molecule has 0 fully saturated rings. The van der Waals surface area contributed by atoms with E-state index in [0.29, 0.717) is 12.8 Å². The van der Waals surface area contributed by atoms with E-state index in [1.807, 2.05) is 0 Å². The molecular weight excluding hydrogens is 1170 g/mol. The second-order valence-electron chi connectivity index (χ2n) is 28.9. The van der Waals surface area contributed by atoms with Crippen LogP contribution in [0.25, 0.3) is 0 Å². The molecule has 0 saturated carbocycles. The lowest BCUT2D eigenvalue weighted by atomic mass is 10.0. The highest BCUT2D eigenvalue weighted by Crippen LogP contribution is 2.20. The highest BCUT2D eigenvalue weighted by Gasteiger charge is 2.16. The molecule has 558 valence electrons. The normalized spacial score (nSPS) is 12.7. The number of aliphatic hydroxyl groups is 1. The zero-order valence-corrected chi connectivity index (χ0v) is 64.4. The van der Waals surface area contributed by atoms with Crippen LogP contribution in [-0.4, -0.2) is 36.4 Å². The maximum atomic E-state index is 12.4. The van der Waals surface area contributed by atoms with Crippen LogP contribution in [0.5, 0.6) is 0 Å². The predicted octanol–water partition coefficient (Wildman–Crippen LogP) is 30.4. The van der Waals surface area contributed by atoms with Gasteiger partial charge in [-0.15, -0.1) is 0 Å². The molecule has 1 N–H and O–H groups in total. The van der Waals surface area contributed by atoms with Crippen LogP contribution in [0.2, 0.25) is 0 Å². The van der Waals surface area contributed by atoms with Crippen LogP contribution in [0.1, 0.15) is 450 Å². The Labute approximate surface area is 599 Å². The van der Waals surface area contributed by atoms with Gasteiger partial charge in [0.2, 0.25) is 0 Å². The summed E-state index contributed by atoms with van der Waals surface area (Å²) in [6.45, 7) is 4.07. The van der Waals surface area contributed by atoms with Gasteiger partial charge in [0, 0.05) is 12.8 Å². The van der Waals surface area contributed by atoms with Crippen molar-refractivity contribution < 1.29 is 24.2 Å². The van der Waals surface area contributed by atoms with Crippen LogP contribution in [0, 0.1) is 0 Å². The highest BCUT2D eigenvalue weighted by atomic mass is 16.6. The smallest absolute Gasteiger partial charge is 0.306 e. The molecule has 0 aliphatic rings. The Morgan fingerprint density at radius 3 is 0.677 bits per heavy atom. The summed E-state index contributed by atoms with van der Waals surface area (Å²) >= 11 is 0. The van der Waals surface area contributed by atoms with Crippen LogP contribution in [0.3, 0.4) is 0 Å². The summed E-state index contributed by atoms with van der Waals surface area (Å²) in [6.07, 6.45) is 124. The van der Waals surface area contributed by atoms with Crippen molar-refractivity contribution in [2.45, 2.75) is 457 Å². The minimum Gasteiger partial charge on any atom is -0.462 e. The molecule has 0 radical (unpaired) electrons. The number of carbonyl (C=O) groups excluding carboxylic acids is 2. The summed E-state index contributed by atoms with van der Waals surface area (Å²) in [5.41, 5.74) is 0. The van der Waals surface area contributed by atoms with Crippen molar-refractivity contribution in [3.8, 4) is 0 Å². The van der Waals surface area contributed by atoms with Crippen molar-refractivity contribution in [1.82, 2.24) is 0 Å². The number of ether oxygens (including phenoxy) is 2. The Morgan fingerprint density at radius 1 is 0.250 bits per heavy atom. The second kappa shape index (κ2) is 86.0. The van der Waals surface area contributed by atoms with Crippen molar-refractivity contribution in [2.24, 2.45) is 0 Å². The van der Waals surface area contributed by atoms with E-state index in [1.165, 1.54) is 340 Å². The van der Waals surface area contributed by atoms with Gasteiger partial charge in [-0.25, -0.2) is 0 Å². The Balaban J connectivity index is 3.37. The molecule has 0 bridgehead atoms. The van der Waals surface area contributed by atoms with Crippen molar-refractivity contribution in [1.29, 1.82) is 0 Å². The zero-order chi connectivity index (χ0) is 69.0. The number of esters is 2. The third-order valence-corrected chi connectivity index (χ3v) is 19.4. The molecule has 0 aliphatic carbocycles. The molecule has 96 heavy (non-hydrogen) atoms. The number of unbranched alkanes of at least 4 members (excludes halogenated alkanes) is 56. The number of rotatable bonds is 80. The number of allylic oxidation sites excluding steroid dienone is 16. The van der Waals surface area contributed by atoms with Crippen LogP contribution >= 0.6 is 0 Å². The SMILES string of the molecule is CC/C=C\C/C=C\C/C=C\C/C=C\C/C=C\CCCCCCCCCCCCCCCCCCCCCCCCCCCC(=O)OC(CO)COC(=O)CCCCCCCCCCCCCCCCCCCCCCCCCCCC/C=C\C/C=C\C/C=C\CCCCCCC. The van der Waals surface area contributed by atoms with Gasteiger partial charge in [-0.1, -0.05) is 439 Å². The fourth-order valence-electron chi connectivity index (χ4n) is 13.0. The van der Waals surface area contributed by atoms with Gasteiger partial charge < -0.3 is 14.6 Å². The first kappa shape index (κ1) is 92.8. The fraction of sp³-hybridized carbons (Fsp3) is 0.802. The van der Waals surface area contributed by atoms with Crippen molar-refractivity contribution in [3.63, 3.8) is 0 Å². The van der Waals surface area contributed by atoms with E-state index in [2.05, 4.69) is 111 Å². The molecule has 0 aromatic rings. The van der Waals surface area contributed by atoms with E-state index in [0.717, 1.165) is 83.5 Å². The summed E-state index contributed by atoms with van der Waals surface area (Å²) in [4.78, 5) is 24.8. The second-order valence-corrected chi connectivity index (χ2v) is 28.9. The average Bonchev–Trinajstić information content (AvgIpc) is 3.79. The lowest BCUT2D eigenvalue weighted by molar-refractivity contribution is -0.161. The van der Waals surface area contributed by atoms with Gasteiger partial charge in [0.1, 0.15) is 6.61 Å². The van der Waals surface area contributed by atoms with Gasteiger partial charge in [0.15, 0.2) is 6.10 Å². The van der Waals surface area contributed by atoms with Crippen LogP contribution in [-0.2, 0) is 19.1 Å². The standard InChI is InChI=1S/C91H164O5/c1-3-5-7-9-11-13-15-17-19-21-23-25-27-29-31-33-35-37-39-41-43-45-47-49-51-53-55-57-59-61-63-65-67-69-71-73-75-77-79-81-83-85-90(93)95-88-89(87-92)96-91(94)86-84-82-80-78-76-74-72-70-68-66-64-62-60-58-56-54-52-50-48-46-44-42-40-38-36-34-32-30-28-26-24-22-20-18-16-14-12-10-8-6-4-2/h6,8,12,14-15,17-18,20-21,23-24,26-27,29-30,32,89,92H,3-5,7,9-11,13,16,19,22,25,28,31,33-88H2,1-2H3/b8-6-,14-12-,17-15-,20-18-,23-21-,26-24-,29-27-,32-30-. The third kappa shape index (κ3) is 83.2. The van der Waals surface area contributed by atoms with E-state index in [1.54, 1.807) is 0 Å². The molecule has 5 nitrogen and oxygen atoms in total. The topological polar surface area (TPSA) is 72.8 Å². The molecule has 0 amide bonds. The van der Waals surface area contributed by atoms with E-state index < -0.39 is 6.10 Å². The zero-order valence-electron chi connectivity index (χ0n) is 64.4. The van der Waals surface area contributed by atoms with E-state index >= 15 is 0 Å². The molecule has 1 unspecified atom stereocenters. The molecular formula is C91H164O5. The van der Waals surface area contributed by atoms with Crippen molar-refractivity contribution in [2.75, 3.05) is 13.2 Å². The Hall–Kier alpha value is -3.18. The van der Waals surface area contributed by atoms with Gasteiger partial charge >= 0.3 is 11.9 Å². The predicted molar refractivity (Wildman–Crippen MR) is 426 cm³/mol. The maximum absolute atomic E-state index is 12.4.